The lowest BCUT2D eigenvalue weighted by atomic mass is 10.0. The van der Waals surface area contributed by atoms with Gasteiger partial charge in [0.15, 0.2) is 0 Å². The Morgan fingerprint density at radius 2 is 2.22 bits per heavy atom. The number of halogens is 1. The number of hydrogen-bond acceptors (Lipinski definition) is 3. The summed E-state index contributed by atoms with van der Waals surface area (Å²) in [4.78, 5) is 26.8. The number of nitrogens with one attached hydrogen (secondary N) is 1. The van der Waals surface area contributed by atoms with Gasteiger partial charge in [0.25, 0.3) is 5.91 Å². The lowest BCUT2D eigenvalue weighted by molar-refractivity contribution is -0.142. The molecule has 5 nitrogen and oxygen atoms in total. The molecule has 1 heterocycles. The van der Waals surface area contributed by atoms with E-state index in [2.05, 4.69) is 10.3 Å². The number of carbonyl (C=O) groups excluding carboxylic acids is 1. The molecule has 0 radical (unpaired) electrons. The van der Waals surface area contributed by atoms with Gasteiger partial charge in [-0.25, -0.2) is 0 Å². The fourth-order valence-corrected chi connectivity index (χ4v) is 2.36. The Kier molecular flexibility index (Phi) is 3.81. The molecule has 1 aliphatic rings. The van der Waals surface area contributed by atoms with E-state index >= 15 is 0 Å². The monoisotopic (exact) mass is 268 g/mol. The van der Waals surface area contributed by atoms with E-state index in [9.17, 15) is 9.59 Å². The van der Waals surface area contributed by atoms with Crippen LogP contribution in [0.5, 0.6) is 0 Å². The fraction of sp³-hybridized carbons (Fsp3) is 0.417. The molecule has 2 N–H and O–H groups in total. The molecule has 1 aromatic rings. The van der Waals surface area contributed by atoms with Gasteiger partial charge >= 0.3 is 5.97 Å². The van der Waals surface area contributed by atoms with Crippen LogP contribution in [0.4, 0.5) is 0 Å². The van der Waals surface area contributed by atoms with Gasteiger partial charge in [0.05, 0.1) is 5.92 Å². The molecule has 6 heteroatoms. The second-order valence-electron chi connectivity index (χ2n) is 4.31. The lowest BCUT2D eigenvalue weighted by Gasteiger charge is -2.17. The third kappa shape index (κ3) is 2.79. The first-order chi connectivity index (χ1) is 8.58. The number of pyridine rings is 1. The quantitative estimate of drug-likeness (QED) is 0.875. The first-order valence-corrected chi connectivity index (χ1v) is 6.11. The molecule has 2 unspecified atom stereocenters. The van der Waals surface area contributed by atoms with Gasteiger partial charge in [0.1, 0.15) is 5.69 Å². The molecule has 0 bridgehead atoms. The Morgan fingerprint density at radius 1 is 1.44 bits per heavy atom. The Hall–Kier alpha value is -1.62. The second-order valence-corrected chi connectivity index (χ2v) is 4.75. The van der Waals surface area contributed by atoms with E-state index < -0.39 is 11.9 Å². The number of aromatic nitrogens is 1. The minimum atomic E-state index is -0.864. The summed E-state index contributed by atoms with van der Waals surface area (Å²) in [7, 11) is 0. The first-order valence-electron chi connectivity index (χ1n) is 5.73. The number of rotatable bonds is 3. The van der Waals surface area contributed by atoms with Crippen LogP contribution < -0.4 is 5.32 Å². The summed E-state index contributed by atoms with van der Waals surface area (Å²) in [6.07, 6.45) is 3.54. The molecule has 0 saturated heterocycles. The van der Waals surface area contributed by atoms with E-state index in [4.69, 9.17) is 16.7 Å². The highest BCUT2D eigenvalue weighted by molar-refractivity contribution is 6.30. The summed E-state index contributed by atoms with van der Waals surface area (Å²) in [6, 6.07) is 2.71. The molecule has 0 aromatic carbocycles. The van der Waals surface area contributed by atoms with E-state index in [0.717, 1.165) is 6.42 Å². The van der Waals surface area contributed by atoms with E-state index in [1.165, 1.54) is 12.3 Å². The largest absolute Gasteiger partial charge is 0.481 e. The smallest absolute Gasteiger partial charge is 0.308 e. The molecule has 2 rings (SSSR count). The van der Waals surface area contributed by atoms with Crippen LogP contribution in [0.3, 0.4) is 0 Å². The van der Waals surface area contributed by atoms with Crippen molar-refractivity contribution in [3.8, 4) is 0 Å². The van der Waals surface area contributed by atoms with Crippen molar-refractivity contribution in [3.05, 3.63) is 29.0 Å². The number of nitrogens with zero attached hydrogens (tertiary/aromatic N) is 1. The second kappa shape index (κ2) is 5.35. The Balaban J connectivity index is 2.05. The molecule has 18 heavy (non-hydrogen) atoms. The number of aliphatic carboxylic acids is 1. The van der Waals surface area contributed by atoms with E-state index in [0.29, 0.717) is 17.9 Å². The summed E-state index contributed by atoms with van der Waals surface area (Å²) in [5.41, 5.74) is 0.207. The maximum Gasteiger partial charge on any atom is 0.308 e. The van der Waals surface area contributed by atoms with E-state index in [-0.39, 0.29) is 17.6 Å². The Labute approximate surface area is 109 Å². The minimum absolute atomic E-state index is 0.207. The number of carboxylic acid groups (broad SMARTS) is 1. The molecule has 96 valence electrons. The summed E-state index contributed by atoms with van der Waals surface area (Å²) in [5.74, 6) is -1.75. The topological polar surface area (TPSA) is 79.3 Å². The van der Waals surface area contributed by atoms with Crippen LogP contribution in [0.15, 0.2) is 18.3 Å². The van der Waals surface area contributed by atoms with Crippen LogP contribution in [0.2, 0.25) is 5.02 Å². The van der Waals surface area contributed by atoms with Crippen LogP contribution >= 0.6 is 11.6 Å². The van der Waals surface area contributed by atoms with Gasteiger partial charge in [0, 0.05) is 17.3 Å². The molecule has 0 spiro atoms. The van der Waals surface area contributed by atoms with Gasteiger partial charge in [-0.15, -0.1) is 0 Å². The third-order valence-corrected chi connectivity index (χ3v) is 3.34. The van der Waals surface area contributed by atoms with Gasteiger partial charge < -0.3 is 10.4 Å². The van der Waals surface area contributed by atoms with Crippen LogP contribution in [-0.4, -0.2) is 28.0 Å². The lowest BCUT2D eigenvalue weighted by Crippen LogP contribution is -2.40. The van der Waals surface area contributed by atoms with Gasteiger partial charge in [0.2, 0.25) is 0 Å². The predicted molar refractivity (Wildman–Crippen MR) is 65.5 cm³/mol. The maximum atomic E-state index is 11.9. The van der Waals surface area contributed by atoms with Crippen molar-refractivity contribution in [1.82, 2.24) is 10.3 Å². The number of amides is 1. The SMILES string of the molecule is O=C(NC1CCCC1C(=O)O)c1cc(Cl)ccn1. The normalized spacial score (nSPS) is 22.7. The number of carboxylic acids is 1. The summed E-state index contributed by atoms with van der Waals surface area (Å²) in [5, 5.41) is 12.2. The minimum Gasteiger partial charge on any atom is -0.481 e. The standard InChI is InChI=1S/C12H13ClN2O3/c13-7-4-5-14-10(6-7)11(16)15-9-3-1-2-8(9)12(17)18/h4-6,8-9H,1-3H2,(H,15,16)(H,17,18). The summed E-state index contributed by atoms with van der Waals surface area (Å²) < 4.78 is 0. The Morgan fingerprint density at radius 3 is 2.89 bits per heavy atom. The molecular formula is C12H13ClN2O3. The van der Waals surface area contributed by atoms with Crippen LogP contribution in [-0.2, 0) is 4.79 Å². The van der Waals surface area contributed by atoms with Crippen LogP contribution in [0.1, 0.15) is 29.8 Å². The highest BCUT2D eigenvalue weighted by atomic mass is 35.5. The van der Waals surface area contributed by atoms with E-state index in [1.807, 2.05) is 0 Å². The molecular weight excluding hydrogens is 256 g/mol. The van der Waals surface area contributed by atoms with Crippen molar-refractivity contribution >= 4 is 23.5 Å². The summed E-state index contributed by atoms with van der Waals surface area (Å²) >= 11 is 5.77. The van der Waals surface area contributed by atoms with Gasteiger partial charge in [-0.3, -0.25) is 14.6 Å². The summed E-state index contributed by atoms with van der Waals surface area (Å²) in [6.45, 7) is 0. The van der Waals surface area contributed by atoms with Crippen LogP contribution in [0.25, 0.3) is 0 Å². The molecule has 0 aliphatic heterocycles. The van der Waals surface area contributed by atoms with Gasteiger partial charge in [-0.05, 0) is 25.0 Å². The Bertz CT molecular complexity index is 478. The first kappa shape index (κ1) is 12.8. The average molecular weight is 269 g/mol. The highest BCUT2D eigenvalue weighted by Crippen LogP contribution is 2.26. The molecule has 1 saturated carbocycles. The maximum absolute atomic E-state index is 11.9. The van der Waals surface area contributed by atoms with Crippen molar-refractivity contribution in [2.45, 2.75) is 25.3 Å². The number of hydrogen-bond donors (Lipinski definition) is 2. The van der Waals surface area contributed by atoms with E-state index in [1.54, 1.807) is 6.07 Å². The fourth-order valence-electron chi connectivity index (χ4n) is 2.20. The molecule has 2 atom stereocenters. The zero-order valence-electron chi connectivity index (χ0n) is 9.60. The van der Waals surface area contributed by atoms with Crippen molar-refractivity contribution in [2.24, 2.45) is 5.92 Å². The van der Waals surface area contributed by atoms with Crippen molar-refractivity contribution in [1.29, 1.82) is 0 Å². The zero-order chi connectivity index (χ0) is 13.1. The van der Waals surface area contributed by atoms with Crippen LogP contribution in [0, 0.1) is 5.92 Å². The average Bonchev–Trinajstić information content (AvgIpc) is 2.77. The molecule has 1 aromatic heterocycles. The number of carbonyl (C=O) groups is 2. The zero-order valence-corrected chi connectivity index (χ0v) is 10.4. The van der Waals surface area contributed by atoms with Gasteiger partial charge in [-0.1, -0.05) is 18.0 Å². The molecule has 1 aliphatic carbocycles. The third-order valence-electron chi connectivity index (χ3n) is 3.10. The van der Waals surface area contributed by atoms with Crippen molar-refractivity contribution < 1.29 is 14.7 Å². The molecule has 1 amide bonds. The van der Waals surface area contributed by atoms with Crippen molar-refractivity contribution in [3.63, 3.8) is 0 Å². The molecule has 1 fully saturated rings. The predicted octanol–water partition coefficient (Wildman–Crippen LogP) is 1.72. The van der Waals surface area contributed by atoms with Crippen molar-refractivity contribution in [2.75, 3.05) is 0 Å². The van der Waals surface area contributed by atoms with Gasteiger partial charge in [-0.2, -0.15) is 0 Å². The highest BCUT2D eigenvalue weighted by Gasteiger charge is 2.34.